The highest BCUT2D eigenvalue weighted by atomic mass is 16.5. The Morgan fingerprint density at radius 2 is 1.84 bits per heavy atom. The molecule has 19 heavy (non-hydrogen) atoms. The zero-order chi connectivity index (χ0) is 13.5. The molecule has 1 nitrogen and oxygen atoms in total. The second-order valence-electron chi connectivity index (χ2n) is 4.37. The van der Waals surface area contributed by atoms with Crippen LogP contribution < -0.4 is 4.74 Å². The summed E-state index contributed by atoms with van der Waals surface area (Å²) in [5, 5.41) is 0. The van der Waals surface area contributed by atoms with Gasteiger partial charge in [-0.1, -0.05) is 49.1 Å². The SMILES string of the molecule is CC[C@@H](C#Cc1ccccc1)c1cccc(OC)c1. The van der Waals surface area contributed by atoms with E-state index in [2.05, 4.69) is 30.9 Å². The molecule has 0 bridgehead atoms. The lowest BCUT2D eigenvalue weighted by Gasteiger charge is -2.09. The fourth-order valence-corrected chi connectivity index (χ4v) is 1.97. The Labute approximate surface area is 115 Å². The molecule has 0 amide bonds. The molecule has 0 aliphatic carbocycles. The van der Waals surface area contributed by atoms with E-state index in [4.69, 9.17) is 4.74 Å². The zero-order valence-corrected chi connectivity index (χ0v) is 11.4. The summed E-state index contributed by atoms with van der Waals surface area (Å²) >= 11 is 0. The quantitative estimate of drug-likeness (QED) is 0.740. The van der Waals surface area contributed by atoms with Gasteiger partial charge >= 0.3 is 0 Å². The van der Waals surface area contributed by atoms with Crippen molar-refractivity contribution in [3.63, 3.8) is 0 Å². The summed E-state index contributed by atoms with van der Waals surface area (Å²) in [5.41, 5.74) is 2.27. The molecule has 0 saturated heterocycles. The van der Waals surface area contributed by atoms with Crippen LogP contribution in [-0.4, -0.2) is 7.11 Å². The molecule has 0 unspecified atom stereocenters. The Morgan fingerprint density at radius 3 is 2.53 bits per heavy atom. The Kier molecular flexibility index (Phi) is 4.64. The molecule has 0 aliphatic rings. The molecular formula is C18H18O. The fourth-order valence-electron chi connectivity index (χ4n) is 1.97. The maximum absolute atomic E-state index is 5.26. The third-order valence-corrected chi connectivity index (χ3v) is 3.07. The minimum atomic E-state index is 0.246. The molecule has 0 fully saturated rings. The van der Waals surface area contributed by atoms with Crippen LogP contribution in [0.25, 0.3) is 0 Å². The van der Waals surface area contributed by atoms with E-state index in [9.17, 15) is 0 Å². The van der Waals surface area contributed by atoms with Crippen LogP contribution in [0, 0.1) is 11.8 Å². The number of ether oxygens (including phenoxy) is 1. The average molecular weight is 250 g/mol. The predicted molar refractivity (Wildman–Crippen MR) is 79.3 cm³/mol. The van der Waals surface area contributed by atoms with Crippen molar-refractivity contribution in [2.45, 2.75) is 19.3 Å². The van der Waals surface area contributed by atoms with Gasteiger partial charge < -0.3 is 4.74 Å². The van der Waals surface area contributed by atoms with E-state index in [1.165, 1.54) is 5.56 Å². The largest absolute Gasteiger partial charge is 0.497 e. The van der Waals surface area contributed by atoms with Crippen LogP contribution in [-0.2, 0) is 0 Å². The highest BCUT2D eigenvalue weighted by Gasteiger charge is 2.06. The topological polar surface area (TPSA) is 9.23 Å². The monoisotopic (exact) mass is 250 g/mol. The lowest BCUT2D eigenvalue weighted by atomic mass is 9.96. The molecule has 2 aromatic carbocycles. The predicted octanol–water partition coefficient (Wildman–Crippen LogP) is 4.24. The van der Waals surface area contributed by atoms with Gasteiger partial charge in [0.1, 0.15) is 5.75 Å². The Balaban J connectivity index is 2.23. The van der Waals surface area contributed by atoms with Crippen molar-refractivity contribution >= 4 is 0 Å². The first-order chi connectivity index (χ1) is 9.33. The van der Waals surface area contributed by atoms with Gasteiger partial charge in [0.25, 0.3) is 0 Å². The summed E-state index contributed by atoms with van der Waals surface area (Å²) in [6, 6.07) is 18.2. The summed E-state index contributed by atoms with van der Waals surface area (Å²) in [5.74, 6) is 7.72. The summed E-state index contributed by atoms with van der Waals surface area (Å²) < 4.78 is 5.26. The zero-order valence-electron chi connectivity index (χ0n) is 11.4. The van der Waals surface area contributed by atoms with E-state index in [-0.39, 0.29) is 5.92 Å². The summed E-state index contributed by atoms with van der Waals surface area (Å²) in [6.45, 7) is 2.16. The third-order valence-electron chi connectivity index (χ3n) is 3.07. The molecule has 0 N–H and O–H groups in total. The van der Waals surface area contributed by atoms with Crippen molar-refractivity contribution in [3.05, 3.63) is 65.7 Å². The van der Waals surface area contributed by atoms with E-state index < -0.39 is 0 Å². The highest BCUT2D eigenvalue weighted by molar-refractivity contribution is 5.39. The van der Waals surface area contributed by atoms with E-state index in [1.54, 1.807) is 7.11 Å². The minimum absolute atomic E-state index is 0.246. The van der Waals surface area contributed by atoms with Crippen molar-refractivity contribution < 1.29 is 4.74 Å². The van der Waals surface area contributed by atoms with E-state index >= 15 is 0 Å². The first-order valence-corrected chi connectivity index (χ1v) is 6.54. The summed E-state index contributed by atoms with van der Waals surface area (Å²) in [6.07, 6.45) is 0.993. The molecule has 0 saturated carbocycles. The van der Waals surface area contributed by atoms with Crippen LogP contribution in [0.2, 0.25) is 0 Å². The van der Waals surface area contributed by atoms with E-state index in [1.807, 2.05) is 42.5 Å². The van der Waals surface area contributed by atoms with Gasteiger partial charge in [-0.05, 0) is 36.2 Å². The standard InChI is InChI=1S/C18H18O/c1-3-16(13-12-15-8-5-4-6-9-15)17-10-7-11-18(14-17)19-2/h4-11,14,16H,3H2,1-2H3/t16-/m0/s1. The molecule has 0 aromatic heterocycles. The van der Waals surface area contributed by atoms with Gasteiger partial charge in [-0.3, -0.25) is 0 Å². The molecule has 2 aromatic rings. The van der Waals surface area contributed by atoms with Gasteiger partial charge in [-0.2, -0.15) is 0 Å². The number of hydrogen-bond donors (Lipinski definition) is 0. The number of hydrogen-bond acceptors (Lipinski definition) is 1. The van der Waals surface area contributed by atoms with Gasteiger partial charge in [0, 0.05) is 11.5 Å². The normalized spacial score (nSPS) is 11.3. The number of rotatable bonds is 3. The maximum Gasteiger partial charge on any atom is 0.119 e. The third kappa shape index (κ3) is 3.63. The van der Waals surface area contributed by atoms with Crippen LogP contribution in [0.5, 0.6) is 5.75 Å². The van der Waals surface area contributed by atoms with E-state index in [0.717, 1.165) is 17.7 Å². The van der Waals surface area contributed by atoms with Crippen LogP contribution in [0.15, 0.2) is 54.6 Å². The fraction of sp³-hybridized carbons (Fsp3) is 0.222. The Hall–Kier alpha value is -2.20. The van der Waals surface area contributed by atoms with Crippen LogP contribution in [0.1, 0.15) is 30.4 Å². The Bertz CT molecular complexity index is 575. The molecule has 1 heteroatoms. The van der Waals surface area contributed by atoms with Crippen LogP contribution >= 0.6 is 0 Å². The summed E-state index contributed by atoms with van der Waals surface area (Å²) in [7, 11) is 1.69. The molecule has 0 radical (unpaired) electrons. The van der Waals surface area contributed by atoms with E-state index in [0.29, 0.717) is 0 Å². The van der Waals surface area contributed by atoms with Crippen LogP contribution in [0.4, 0.5) is 0 Å². The lowest BCUT2D eigenvalue weighted by molar-refractivity contribution is 0.414. The van der Waals surface area contributed by atoms with Crippen molar-refractivity contribution in [3.8, 4) is 17.6 Å². The van der Waals surface area contributed by atoms with Crippen LogP contribution in [0.3, 0.4) is 0 Å². The number of benzene rings is 2. The highest BCUT2D eigenvalue weighted by Crippen LogP contribution is 2.22. The first-order valence-electron chi connectivity index (χ1n) is 6.54. The van der Waals surface area contributed by atoms with Crippen molar-refractivity contribution in [2.24, 2.45) is 0 Å². The number of methoxy groups -OCH3 is 1. The minimum Gasteiger partial charge on any atom is -0.497 e. The second kappa shape index (κ2) is 6.66. The van der Waals surface area contributed by atoms with Crippen molar-refractivity contribution in [2.75, 3.05) is 7.11 Å². The van der Waals surface area contributed by atoms with Gasteiger partial charge in [0.05, 0.1) is 7.11 Å². The smallest absolute Gasteiger partial charge is 0.119 e. The second-order valence-corrected chi connectivity index (χ2v) is 4.37. The van der Waals surface area contributed by atoms with Gasteiger partial charge in [0.15, 0.2) is 0 Å². The first kappa shape index (κ1) is 13.2. The van der Waals surface area contributed by atoms with Gasteiger partial charge in [-0.25, -0.2) is 0 Å². The Morgan fingerprint density at radius 1 is 1.05 bits per heavy atom. The van der Waals surface area contributed by atoms with Gasteiger partial charge in [-0.15, -0.1) is 0 Å². The molecule has 0 spiro atoms. The van der Waals surface area contributed by atoms with Gasteiger partial charge in [0.2, 0.25) is 0 Å². The van der Waals surface area contributed by atoms with Crippen molar-refractivity contribution in [1.82, 2.24) is 0 Å². The summed E-state index contributed by atoms with van der Waals surface area (Å²) in [4.78, 5) is 0. The molecule has 0 heterocycles. The van der Waals surface area contributed by atoms with Crippen molar-refractivity contribution in [1.29, 1.82) is 0 Å². The molecule has 1 atom stereocenters. The molecular weight excluding hydrogens is 232 g/mol. The average Bonchev–Trinajstić information content (AvgIpc) is 2.49. The molecule has 0 aliphatic heterocycles. The molecule has 96 valence electrons. The maximum atomic E-state index is 5.26. The lowest BCUT2D eigenvalue weighted by Crippen LogP contribution is -1.95. The molecule has 2 rings (SSSR count).